The number of hydrogen-bond acceptors (Lipinski definition) is 5. The lowest BCUT2D eigenvalue weighted by atomic mass is 9.98. The molecule has 9 heteroatoms. The zero-order chi connectivity index (χ0) is 28.8. The van der Waals surface area contributed by atoms with Crippen molar-refractivity contribution in [2.45, 2.75) is 57.1 Å². The SMILES string of the molecule is CCc1cccc(CNC[C@@H](O)[C@H](Cc2cc(F)cc(F)c2)NC(=O)c2ccc(C(C)(C)S(C)(=O)=O)cc2)c1. The fraction of sp³-hybridized carbons (Fsp3) is 0.367. The Kier molecular flexibility index (Phi) is 9.98. The van der Waals surface area contributed by atoms with E-state index in [-0.39, 0.29) is 24.1 Å². The molecule has 0 aliphatic heterocycles. The van der Waals surface area contributed by atoms with Gasteiger partial charge in [-0.25, -0.2) is 17.2 Å². The number of carbonyl (C=O) groups is 1. The highest BCUT2D eigenvalue weighted by atomic mass is 32.2. The van der Waals surface area contributed by atoms with Crippen LogP contribution in [0.2, 0.25) is 0 Å². The molecule has 3 N–H and O–H groups in total. The minimum Gasteiger partial charge on any atom is -0.390 e. The minimum atomic E-state index is -3.40. The Hall–Kier alpha value is -3.14. The number of halogens is 2. The summed E-state index contributed by atoms with van der Waals surface area (Å²) >= 11 is 0. The maximum absolute atomic E-state index is 13.8. The van der Waals surface area contributed by atoms with Crippen LogP contribution in [0.1, 0.15) is 53.4 Å². The van der Waals surface area contributed by atoms with Gasteiger partial charge in [0.25, 0.3) is 5.91 Å². The second-order valence-electron chi connectivity index (χ2n) is 10.3. The number of aryl methyl sites for hydroxylation is 1. The number of nitrogens with one attached hydrogen (secondary N) is 2. The molecule has 3 aromatic carbocycles. The molecule has 0 spiro atoms. The molecule has 0 aromatic heterocycles. The summed E-state index contributed by atoms with van der Waals surface area (Å²) in [6.07, 6.45) is 0.983. The van der Waals surface area contributed by atoms with E-state index >= 15 is 0 Å². The van der Waals surface area contributed by atoms with Crippen LogP contribution < -0.4 is 10.6 Å². The summed E-state index contributed by atoms with van der Waals surface area (Å²) in [6, 6.07) is 16.5. The molecule has 3 rings (SSSR count). The predicted octanol–water partition coefficient (Wildman–Crippen LogP) is 4.30. The van der Waals surface area contributed by atoms with Crippen LogP contribution in [-0.4, -0.2) is 44.4 Å². The quantitative estimate of drug-likeness (QED) is 0.308. The van der Waals surface area contributed by atoms with E-state index in [4.69, 9.17) is 0 Å². The van der Waals surface area contributed by atoms with Crippen molar-refractivity contribution in [2.24, 2.45) is 0 Å². The van der Waals surface area contributed by atoms with E-state index in [9.17, 15) is 27.1 Å². The van der Waals surface area contributed by atoms with Crippen molar-refractivity contribution in [3.05, 3.63) is 106 Å². The van der Waals surface area contributed by atoms with E-state index in [0.29, 0.717) is 12.1 Å². The first-order chi connectivity index (χ1) is 18.3. The molecule has 6 nitrogen and oxygen atoms in total. The van der Waals surface area contributed by atoms with Crippen molar-refractivity contribution in [1.82, 2.24) is 10.6 Å². The third-order valence-corrected chi connectivity index (χ3v) is 9.10. The number of aliphatic hydroxyl groups is 1. The molecule has 0 saturated heterocycles. The molecule has 0 bridgehead atoms. The van der Waals surface area contributed by atoms with Gasteiger partial charge in [0.2, 0.25) is 0 Å². The first-order valence-corrected chi connectivity index (χ1v) is 14.7. The molecule has 0 saturated carbocycles. The normalized spacial score (nSPS) is 13.6. The van der Waals surface area contributed by atoms with E-state index in [1.807, 2.05) is 18.2 Å². The number of benzene rings is 3. The summed E-state index contributed by atoms with van der Waals surface area (Å²) in [7, 11) is -3.40. The van der Waals surface area contributed by atoms with E-state index in [1.54, 1.807) is 26.0 Å². The Morgan fingerprint density at radius 2 is 1.56 bits per heavy atom. The van der Waals surface area contributed by atoms with E-state index in [0.717, 1.165) is 24.3 Å². The molecule has 1 amide bonds. The summed E-state index contributed by atoms with van der Waals surface area (Å²) < 4.78 is 50.8. The Bertz CT molecular complexity index is 1370. The number of carbonyl (C=O) groups excluding carboxylic acids is 1. The molecule has 0 aliphatic rings. The number of sulfone groups is 1. The maximum atomic E-state index is 13.8. The van der Waals surface area contributed by atoms with Crippen molar-refractivity contribution in [3.63, 3.8) is 0 Å². The van der Waals surface area contributed by atoms with Crippen molar-refractivity contribution in [2.75, 3.05) is 12.8 Å². The first-order valence-electron chi connectivity index (χ1n) is 12.8. The minimum absolute atomic E-state index is 0.00617. The van der Waals surface area contributed by atoms with Gasteiger partial charge in [-0.2, -0.15) is 0 Å². The number of rotatable bonds is 12. The highest BCUT2D eigenvalue weighted by Gasteiger charge is 2.32. The van der Waals surface area contributed by atoms with Crippen molar-refractivity contribution < 1.29 is 27.1 Å². The molecule has 0 aliphatic carbocycles. The van der Waals surface area contributed by atoms with E-state index in [1.165, 1.54) is 29.8 Å². The summed E-state index contributed by atoms with van der Waals surface area (Å²) in [5.74, 6) is -2.00. The molecule has 0 fully saturated rings. The first kappa shape index (κ1) is 30.4. The van der Waals surface area contributed by atoms with Gasteiger partial charge in [0, 0.05) is 31.0 Å². The predicted molar refractivity (Wildman–Crippen MR) is 149 cm³/mol. The Morgan fingerprint density at radius 3 is 2.15 bits per heavy atom. The van der Waals surface area contributed by atoms with Crippen LogP contribution in [0.25, 0.3) is 0 Å². The van der Waals surface area contributed by atoms with Gasteiger partial charge in [-0.1, -0.05) is 43.3 Å². The van der Waals surface area contributed by atoms with Gasteiger partial charge in [0.15, 0.2) is 9.84 Å². The standard InChI is InChI=1S/C30H36F2N2O4S/c1-5-20-7-6-8-21(13-20)18-33-19-28(35)27(16-22-14-25(31)17-26(32)15-22)34-29(36)23-9-11-24(12-10-23)30(2,3)39(4,37)38/h6-15,17,27-28,33,35H,5,16,18-19H2,1-4H3,(H,34,36)/t27-,28+/m0/s1. The largest absolute Gasteiger partial charge is 0.390 e. The van der Waals surface area contributed by atoms with E-state index in [2.05, 4.69) is 23.6 Å². The zero-order valence-corrected chi connectivity index (χ0v) is 23.5. The summed E-state index contributed by atoms with van der Waals surface area (Å²) in [5, 5.41) is 17.0. The summed E-state index contributed by atoms with van der Waals surface area (Å²) in [4.78, 5) is 13.1. The average Bonchev–Trinajstić information content (AvgIpc) is 2.87. The van der Waals surface area contributed by atoms with Gasteiger partial charge in [-0.15, -0.1) is 0 Å². The second-order valence-corrected chi connectivity index (χ2v) is 12.9. The molecule has 210 valence electrons. The van der Waals surface area contributed by atoms with Gasteiger partial charge in [0.05, 0.1) is 16.9 Å². The highest BCUT2D eigenvalue weighted by molar-refractivity contribution is 7.91. The van der Waals surface area contributed by atoms with Gasteiger partial charge in [-0.3, -0.25) is 4.79 Å². The van der Waals surface area contributed by atoms with E-state index < -0.39 is 44.3 Å². The zero-order valence-electron chi connectivity index (χ0n) is 22.7. The van der Waals surface area contributed by atoms with Crippen molar-refractivity contribution in [3.8, 4) is 0 Å². The van der Waals surface area contributed by atoms with Gasteiger partial charge < -0.3 is 15.7 Å². The second kappa shape index (κ2) is 12.8. The molecular weight excluding hydrogens is 522 g/mol. The van der Waals surface area contributed by atoms with Crippen LogP contribution in [0.5, 0.6) is 0 Å². The molecule has 3 aromatic rings. The van der Waals surface area contributed by atoms with Crippen LogP contribution in [0, 0.1) is 11.6 Å². The maximum Gasteiger partial charge on any atom is 0.251 e. The van der Waals surface area contributed by atoms with Crippen LogP contribution in [0.4, 0.5) is 8.78 Å². The number of hydrogen-bond donors (Lipinski definition) is 3. The van der Waals surface area contributed by atoms with Crippen LogP contribution in [0.15, 0.2) is 66.7 Å². The van der Waals surface area contributed by atoms with Crippen molar-refractivity contribution in [1.29, 1.82) is 0 Å². The lowest BCUT2D eigenvalue weighted by Crippen LogP contribution is -2.48. The molecule has 2 atom stereocenters. The van der Waals surface area contributed by atoms with Crippen LogP contribution in [0.3, 0.4) is 0 Å². The lowest BCUT2D eigenvalue weighted by Gasteiger charge is -2.26. The smallest absolute Gasteiger partial charge is 0.251 e. The average molecular weight is 559 g/mol. The topological polar surface area (TPSA) is 95.5 Å². The molecule has 0 heterocycles. The third-order valence-electron chi connectivity index (χ3n) is 7.01. The van der Waals surface area contributed by atoms with Crippen LogP contribution >= 0.6 is 0 Å². The highest BCUT2D eigenvalue weighted by Crippen LogP contribution is 2.29. The summed E-state index contributed by atoms with van der Waals surface area (Å²) in [5.41, 5.74) is 3.32. The Labute approximate surface area is 229 Å². The monoisotopic (exact) mass is 558 g/mol. The molecule has 39 heavy (non-hydrogen) atoms. The van der Waals surface area contributed by atoms with Gasteiger partial charge in [-0.05, 0) is 73.2 Å². The lowest BCUT2D eigenvalue weighted by molar-refractivity contribution is 0.0830. The van der Waals surface area contributed by atoms with Crippen molar-refractivity contribution >= 4 is 15.7 Å². The fourth-order valence-corrected chi connectivity index (χ4v) is 4.79. The summed E-state index contributed by atoms with van der Waals surface area (Å²) in [6.45, 7) is 5.87. The fourth-order valence-electron chi connectivity index (χ4n) is 4.22. The molecular formula is C30H36F2N2O4S. The number of amides is 1. The van der Waals surface area contributed by atoms with Gasteiger partial charge in [0.1, 0.15) is 11.6 Å². The third kappa shape index (κ3) is 8.17. The molecule has 0 radical (unpaired) electrons. The van der Waals surface area contributed by atoms with Gasteiger partial charge >= 0.3 is 0 Å². The molecule has 0 unspecified atom stereocenters. The number of aliphatic hydroxyl groups excluding tert-OH is 1. The Balaban J connectivity index is 1.75. The Morgan fingerprint density at radius 1 is 0.949 bits per heavy atom. The van der Waals surface area contributed by atoms with Crippen LogP contribution in [-0.2, 0) is 34.0 Å².